The molecule has 0 N–H and O–H groups in total. The van der Waals surface area contributed by atoms with E-state index >= 15 is 0 Å². The van der Waals surface area contributed by atoms with Crippen molar-refractivity contribution in [2.24, 2.45) is 0 Å². The molecular formula is C6H6Br2N2. The highest BCUT2D eigenvalue weighted by Gasteiger charge is 2.53. The van der Waals surface area contributed by atoms with Crippen molar-refractivity contribution in [3.05, 3.63) is 18.5 Å². The molecule has 1 aromatic rings. The molecule has 0 radical (unpaired) electrons. The first kappa shape index (κ1) is 6.85. The van der Waals surface area contributed by atoms with Crippen LogP contribution < -0.4 is 0 Å². The Balaban J connectivity index is 2.30. The second-order valence-electron chi connectivity index (χ2n) is 2.44. The highest BCUT2D eigenvalue weighted by atomic mass is 79.9. The summed E-state index contributed by atoms with van der Waals surface area (Å²) in [5.74, 6) is 0. The lowest BCUT2D eigenvalue weighted by molar-refractivity contribution is 0.608. The molecule has 1 aliphatic rings. The molecule has 1 heterocycles. The van der Waals surface area contributed by atoms with Crippen molar-refractivity contribution in [2.75, 3.05) is 0 Å². The van der Waals surface area contributed by atoms with Gasteiger partial charge in [0, 0.05) is 12.4 Å². The van der Waals surface area contributed by atoms with Gasteiger partial charge in [-0.2, -0.15) is 5.10 Å². The standard InChI is InChI=1S/C6H6Br2N2/c7-5-4-6(5,8)10-3-1-2-9-10/h1-3,5H,4H2. The number of nitrogens with zero attached hydrogens (tertiary/aromatic N) is 2. The van der Waals surface area contributed by atoms with Crippen molar-refractivity contribution >= 4 is 31.9 Å². The number of alkyl halides is 2. The van der Waals surface area contributed by atoms with Gasteiger partial charge in [-0.3, -0.25) is 4.68 Å². The van der Waals surface area contributed by atoms with Crippen LogP contribution in [0.15, 0.2) is 18.5 Å². The van der Waals surface area contributed by atoms with Crippen LogP contribution in [0.5, 0.6) is 0 Å². The van der Waals surface area contributed by atoms with Crippen LogP contribution in [0.4, 0.5) is 0 Å². The van der Waals surface area contributed by atoms with Crippen LogP contribution in [0.25, 0.3) is 0 Å². The van der Waals surface area contributed by atoms with Gasteiger partial charge in [-0.05, 0) is 12.5 Å². The normalized spacial score (nSPS) is 38.0. The minimum absolute atomic E-state index is 0.0660. The van der Waals surface area contributed by atoms with Gasteiger partial charge in [0.2, 0.25) is 0 Å². The zero-order valence-electron chi connectivity index (χ0n) is 5.17. The third-order valence-corrected chi connectivity index (χ3v) is 4.61. The Labute approximate surface area is 75.9 Å². The van der Waals surface area contributed by atoms with Crippen LogP contribution in [0.2, 0.25) is 0 Å². The van der Waals surface area contributed by atoms with Gasteiger partial charge in [-0.15, -0.1) is 0 Å². The van der Waals surface area contributed by atoms with E-state index in [0.717, 1.165) is 6.42 Å². The first-order valence-corrected chi connectivity index (χ1v) is 4.77. The Kier molecular flexibility index (Phi) is 1.42. The minimum Gasteiger partial charge on any atom is -0.255 e. The first-order chi connectivity index (χ1) is 4.73. The fraction of sp³-hybridized carbons (Fsp3) is 0.500. The van der Waals surface area contributed by atoms with Crippen molar-refractivity contribution < 1.29 is 0 Å². The third-order valence-electron chi connectivity index (χ3n) is 1.67. The summed E-state index contributed by atoms with van der Waals surface area (Å²) in [6.07, 6.45) is 4.87. The van der Waals surface area contributed by atoms with E-state index in [1.54, 1.807) is 6.20 Å². The van der Waals surface area contributed by atoms with Crippen LogP contribution in [-0.4, -0.2) is 14.6 Å². The van der Waals surface area contributed by atoms with Gasteiger partial charge >= 0.3 is 0 Å². The van der Waals surface area contributed by atoms with Crippen molar-refractivity contribution in [1.29, 1.82) is 0 Å². The monoisotopic (exact) mass is 264 g/mol. The highest BCUT2D eigenvalue weighted by Crippen LogP contribution is 2.53. The minimum atomic E-state index is 0.0660. The molecule has 0 amide bonds. The Bertz CT molecular complexity index is 234. The summed E-state index contributed by atoms with van der Waals surface area (Å²) in [5, 5.41) is 4.14. The number of hydrogen-bond donors (Lipinski definition) is 0. The smallest absolute Gasteiger partial charge is 0.131 e. The van der Waals surface area contributed by atoms with Gasteiger partial charge in [0.1, 0.15) is 4.45 Å². The maximum absolute atomic E-state index is 4.14. The topological polar surface area (TPSA) is 17.8 Å². The number of aromatic nitrogens is 2. The number of rotatable bonds is 1. The molecule has 54 valence electrons. The molecule has 0 aromatic carbocycles. The summed E-state index contributed by atoms with van der Waals surface area (Å²) < 4.78 is 2.00. The van der Waals surface area contributed by atoms with Gasteiger partial charge in [0.05, 0.1) is 4.83 Å². The molecule has 1 aliphatic carbocycles. The zero-order valence-corrected chi connectivity index (χ0v) is 8.34. The van der Waals surface area contributed by atoms with Gasteiger partial charge in [0.25, 0.3) is 0 Å². The van der Waals surface area contributed by atoms with E-state index in [4.69, 9.17) is 0 Å². The van der Waals surface area contributed by atoms with Crippen LogP contribution in [0.1, 0.15) is 6.42 Å². The predicted molar refractivity (Wildman–Crippen MR) is 46.5 cm³/mol. The fourth-order valence-electron chi connectivity index (χ4n) is 0.918. The molecule has 10 heavy (non-hydrogen) atoms. The van der Waals surface area contributed by atoms with E-state index in [1.165, 1.54) is 0 Å². The van der Waals surface area contributed by atoms with Gasteiger partial charge in [0.15, 0.2) is 0 Å². The summed E-state index contributed by atoms with van der Waals surface area (Å²) in [4.78, 5) is 0.528. The van der Waals surface area contributed by atoms with Crippen LogP contribution in [0.3, 0.4) is 0 Å². The molecule has 1 saturated carbocycles. The lowest BCUT2D eigenvalue weighted by Gasteiger charge is -2.06. The molecule has 0 saturated heterocycles. The zero-order chi connectivity index (χ0) is 7.19. The molecule has 0 bridgehead atoms. The lowest BCUT2D eigenvalue weighted by atomic mass is 10.7. The van der Waals surface area contributed by atoms with E-state index in [-0.39, 0.29) is 4.45 Å². The van der Waals surface area contributed by atoms with Gasteiger partial charge in [-0.25, -0.2) is 0 Å². The first-order valence-electron chi connectivity index (χ1n) is 3.06. The Morgan fingerprint density at radius 2 is 2.40 bits per heavy atom. The second-order valence-corrected chi connectivity index (χ2v) is 4.92. The summed E-state index contributed by atoms with van der Waals surface area (Å²) in [7, 11) is 0. The molecule has 4 heteroatoms. The van der Waals surface area contributed by atoms with Crippen molar-refractivity contribution in [1.82, 2.24) is 9.78 Å². The molecule has 1 aromatic heterocycles. The average molecular weight is 266 g/mol. The molecule has 2 nitrogen and oxygen atoms in total. The van der Waals surface area contributed by atoms with Crippen LogP contribution in [0, 0.1) is 0 Å². The van der Waals surface area contributed by atoms with E-state index < -0.39 is 0 Å². The Morgan fingerprint density at radius 3 is 2.80 bits per heavy atom. The summed E-state index contributed by atoms with van der Waals surface area (Å²) in [6.45, 7) is 0. The van der Waals surface area contributed by atoms with Crippen molar-refractivity contribution in [2.45, 2.75) is 15.7 Å². The summed E-state index contributed by atoms with van der Waals surface area (Å²) in [6, 6.07) is 1.93. The second kappa shape index (κ2) is 2.08. The molecule has 2 rings (SSSR count). The van der Waals surface area contributed by atoms with Crippen molar-refractivity contribution in [3.63, 3.8) is 0 Å². The molecule has 0 spiro atoms. The Hall–Kier alpha value is 0.170. The SMILES string of the molecule is BrC1CC1(Br)n1cccn1. The number of halogens is 2. The lowest BCUT2D eigenvalue weighted by Crippen LogP contribution is -2.11. The molecule has 2 unspecified atom stereocenters. The fourth-order valence-corrected chi connectivity index (χ4v) is 2.59. The van der Waals surface area contributed by atoms with Crippen molar-refractivity contribution in [3.8, 4) is 0 Å². The summed E-state index contributed by atoms with van der Waals surface area (Å²) >= 11 is 7.11. The van der Waals surface area contributed by atoms with Gasteiger partial charge < -0.3 is 0 Å². The predicted octanol–water partition coefficient (Wildman–Crippen LogP) is 2.10. The summed E-state index contributed by atoms with van der Waals surface area (Å²) in [5.41, 5.74) is 0. The quantitative estimate of drug-likeness (QED) is 0.712. The number of hydrogen-bond acceptors (Lipinski definition) is 1. The van der Waals surface area contributed by atoms with Gasteiger partial charge in [-0.1, -0.05) is 31.9 Å². The van der Waals surface area contributed by atoms with Crippen LogP contribution >= 0.6 is 31.9 Å². The Morgan fingerprint density at radius 1 is 1.70 bits per heavy atom. The molecule has 1 fully saturated rings. The average Bonchev–Trinajstić information content (AvgIpc) is 2.35. The van der Waals surface area contributed by atoms with E-state index in [1.807, 2.05) is 16.9 Å². The van der Waals surface area contributed by atoms with E-state index in [2.05, 4.69) is 37.0 Å². The highest BCUT2D eigenvalue weighted by molar-refractivity contribution is 9.12. The van der Waals surface area contributed by atoms with E-state index in [0.29, 0.717) is 4.83 Å². The third kappa shape index (κ3) is 0.855. The molecular weight excluding hydrogens is 260 g/mol. The largest absolute Gasteiger partial charge is 0.255 e. The molecule has 2 atom stereocenters. The maximum Gasteiger partial charge on any atom is 0.131 e. The van der Waals surface area contributed by atoms with Crippen LogP contribution in [-0.2, 0) is 4.45 Å². The maximum atomic E-state index is 4.14. The molecule has 0 aliphatic heterocycles. The van der Waals surface area contributed by atoms with E-state index in [9.17, 15) is 0 Å².